The summed E-state index contributed by atoms with van der Waals surface area (Å²) in [5.74, 6) is 1.11. The molecular formula is C6H11N. The van der Waals surface area contributed by atoms with Crippen molar-refractivity contribution in [2.75, 3.05) is 19.6 Å². The number of piperidine rings is 2. The van der Waals surface area contributed by atoms with Gasteiger partial charge in [0.15, 0.2) is 0 Å². The first-order valence-electron chi connectivity index (χ1n) is 3.17. The largest absolute Gasteiger partial charge is 0.303 e. The van der Waals surface area contributed by atoms with Crippen molar-refractivity contribution in [2.24, 2.45) is 5.92 Å². The Morgan fingerprint density at radius 1 is 1.29 bits per heavy atom. The van der Waals surface area contributed by atoms with Crippen LogP contribution in [-0.4, -0.2) is 24.5 Å². The monoisotopic (exact) mass is 97.1 g/mol. The fraction of sp³-hybridized carbons (Fsp3) is 1.00. The lowest BCUT2D eigenvalue weighted by Gasteiger charge is -2.44. The van der Waals surface area contributed by atoms with Crippen LogP contribution in [0.25, 0.3) is 0 Å². The van der Waals surface area contributed by atoms with Gasteiger partial charge < -0.3 is 4.90 Å². The highest BCUT2D eigenvalue weighted by atomic mass is 15.2. The van der Waals surface area contributed by atoms with Crippen molar-refractivity contribution in [3.8, 4) is 0 Å². The van der Waals surface area contributed by atoms with E-state index in [-0.39, 0.29) is 0 Å². The van der Waals surface area contributed by atoms with Gasteiger partial charge in [0.05, 0.1) is 0 Å². The molecule has 40 valence electrons. The van der Waals surface area contributed by atoms with Crippen LogP contribution in [0.2, 0.25) is 0 Å². The van der Waals surface area contributed by atoms with E-state index in [9.17, 15) is 0 Å². The quantitative estimate of drug-likeness (QED) is 0.430. The summed E-state index contributed by atoms with van der Waals surface area (Å²) in [7, 11) is 0. The molecule has 0 aromatic heterocycles. The van der Waals surface area contributed by atoms with Crippen molar-refractivity contribution < 1.29 is 0 Å². The van der Waals surface area contributed by atoms with Crippen LogP contribution < -0.4 is 0 Å². The van der Waals surface area contributed by atoms with Gasteiger partial charge in [0.1, 0.15) is 0 Å². The third-order valence-corrected chi connectivity index (χ3v) is 2.12. The van der Waals surface area contributed by atoms with Crippen molar-refractivity contribution >= 4 is 0 Å². The maximum absolute atomic E-state index is 2.54. The number of nitrogens with zero attached hydrogens (tertiary/aromatic N) is 1. The van der Waals surface area contributed by atoms with Crippen LogP contribution in [0, 0.1) is 5.92 Å². The molecule has 3 saturated heterocycles. The molecular weight excluding hydrogens is 86.1 g/mol. The average Bonchev–Trinajstić information content (AvgIpc) is 1.67. The zero-order valence-electron chi connectivity index (χ0n) is 4.56. The molecule has 0 unspecified atom stereocenters. The van der Waals surface area contributed by atoms with Crippen LogP contribution in [0.5, 0.6) is 0 Å². The Kier molecular flexibility index (Phi) is 0.680. The Bertz CT molecular complexity index is 60.7. The van der Waals surface area contributed by atoms with Crippen LogP contribution in [0.4, 0.5) is 0 Å². The lowest BCUT2D eigenvalue weighted by molar-refractivity contribution is 0.0484. The standard InChI is InChI=1S/C6H11N/c1-2-6-4-7(3-1)5-6/h6H,1-5H2. The Morgan fingerprint density at radius 2 is 2.14 bits per heavy atom. The topological polar surface area (TPSA) is 3.24 Å². The van der Waals surface area contributed by atoms with E-state index in [0.717, 1.165) is 5.92 Å². The predicted octanol–water partition coefficient (Wildman–Crippen LogP) is 0.712. The minimum absolute atomic E-state index is 1.11. The third kappa shape index (κ3) is 0.480. The molecule has 2 bridgehead atoms. The van der Waals surface area contributed by atoms with Gasteiger partial charge in [-0.3, -0.25) is 0 Å². The minimum atomic E-state index is 1.11. The average molecular weight is 97.2 g/mol. The van der Waals surface area contributed by atoms with Gasteiger partial charge in [-0.2, -0.15) is 0 Å². The maximum atomic E-state index is 2.54. The molecule has 0 aromatic carbocycles. The molecule has 3 heterocycles. The normalized spacial score (nSPS) is 48.0. The second-order valence-electron chi connectivity index (χ2n) is 2.77. The number of hydrogen-bond donors (Lipinski definition) is 0. The Morgan fingerprint density at radius 3 is 2.29 bits per heavy atom. The second-order valence-corrected chi connectivity index (χ2v) is 2.77. The summed E-state index contributed by atoms with van der Waals surface area (Å²) >= 11 is 0. The summed E-state index contributed by atoms with van der Waals surface area (Å²) in [6.45, 7) is 4.22. The summed E-state index contributed by atoms with van der Waals surface area (Å²) in [6, 6.07) is 0. The first kappa shape index (κ1) is 3.90. The van der Waals surface area contributed by atoms with Crippen molar-refractivity contribution in [1.29, 1.82) is 0 Å². The van der Waals surface area contributed by atoms with Gasteiger partial charge >= 0.3 is 0 Å². The predicted molar refractivity (Wildman–Crippen MR) is 29.2 cm³/mol. The van der Waals surface area contributed by atoms with Crippen LogP contribution in [0.1, 0.15) is 12.8 Å². The van der Waals surface area contributed by atoms with Gasteiger partial charge in [0, 0.05) is 13.1 Å². The molecule has 0 spiro atoms. The second kappa shape index (κ2) is 1.22. The summed E-state index contributed by atoms with van der Waals surface area (Å²) in [4.78, 5) is 2.54. The SMILES string of the molecule is C1CC2CN(C1)C2. The summed E-state index contributed by atoms with van der Waals surface area (Å²) in [5.41, 5.74) is 0. The molecule has 0 N–H and O–H groups in total. The van der Waals surface area contributed by atoms with E-state index < -0.39 is 0 Å². The molecule has 3 rings (SSSR count). The van der Waals surface area contributed by atoms with Crippen LogP contribution in [0.3, 0.4) is 0 Å². The number of hydrogen-bond acceptors (Lipinski definition) is 1. The molecule has 1 nitrogen and oxygen atoms in total. The highest BCUT2D eigenvalue weighted by Crippen LogP contribution is 2.26. The Labute approximate surface area is 44.3 Å². The van der Waals surface area contributed by atoms with Gasteiger partial charge in [-0.1, -0.05) is 0 Å². The van der Waals surface area contributed by atoms with Crippen molar-refractivity contribution in [2.45, 2.75) is 12.8 Å². The molecule has 7 heavy (non-hydrogen) atoms. The van der Waals surface area contributed by atoms with Gasteiger partial charge in [-0.15, -0.1) is 0 Å². The third-order valence-electron chi connectivity index (χ3n) is 2.12. The van der Waals surface area contributed by atoms with Crippen molar-refractivity contribution in [1.82, 2.24) is 4.90 Å². The van der Waals surface area contributed by atoms with E-state index in [0.29, 0.717) is 0 Å². The number of rotatable bonds is 0. The highest BCUT2D eigenvalue weighted by molar-refractivity contribution is 4.84. The summed E-state index contributed by atoms with van der Waals surface area (Å²) in [6.07, 6.45) is 2.97. The van der Waals surface area contributed by atoms with Gasteiger partial charge in [-0.05, 0) is 25.3 Å². The lowest BCUT2D eigenvalue weighted by Crippen LogP contribution is -2.50. The van der Waals surface area contributed by atoms with Crippen molar-refractivity contribution in [3.05, 3.63) is 0 Å². The smallest absolute Gasteiger partial charge is 0.00220 e. The molecule has 3 aliphatic rings. The van der Waals surface area contributed by atoms with Gasteiger partial charge in [-0.25, -0.2) is 0 Å². The molecule has 0 saturated carbocycles. The summed E-state index contributed by atoms with van der Waals surface area (Å²) < 4.78 is 0. The van der Waals surface area contributed by atoms with E-state index in [4.69, 9.17) is 0 Å². The molecule has 0 aromatic rings. The molecule has 1 heteroatoms. The first-order valence-corrected chi connectivity index (χ1v) is 3.17. The molecule has 0 amide bonds. The van der Waals surface area contributed by atoms with Crippen LogP contribution in [-0.2, 0) is 0 Å². The first-order chi connectivity index (χ1) is 3.45. The van der Waals surface area contributed by atoms with E-state index >= 15 is 0 Å². The Balaban J connectivity index is 1.99. The van der Waals surface area contributed by atoms with E-state index in [1.54, 1.807) is 0 Å². The molecule has 3 fully saturated rings. The molecule has 0 atom stereocenters. The van der Waals surface area contributed by atoms with Crippen LogP contribution >= 0.6 is 0 Å². The number of fused-ring (bicyclic) bond motifs is 2. The van der Waals surface area contributed by atoms with Crippen molar-refractivity contribution in [3.63, 3.8) is 0 Å². The van der Waals surface area contributed by atoms with E-state index in [2.05, 4.69) is 4.90 Å². The van der Waals surface area contributed by atoms with Crippen LogP contribution in [0.15, 0.2) is 0 Å². The molecule has 0 radical (unpaired) electrons. The molecule has 3 aliphatic heterocycles. The fourth-order valence-electron chi connectivity index (χ4n) is 1.65. The fourth-order valence-corrected chi connectivity index (χ4v) is 1.65. The van der Waals surface area contributed by atoms with Gasteiger partial charge in [0.25, 0.3) is 0 Å². The minimum Gasteiger partial charge on any atom is -0.303 e. The highest BCUT2D eigenvalue weighted by Gasteiger charge is 2.29. The van der Waals surface area contributed by atoms with E-state index in [1.165, 1.54) is 32.5 Å². The Hall–Kier alpha value is -0.0400. The maximum Gasteiger partial charge on any atom is 0.00220 e. The molecule has 0 aliphatic carbocycles. The summed E-state index contributed by atoms with van der Waals surface area (Å²) in [5, 5.41) is 0. The lowest BCUT2D eigenvalue weighted by atomic mass is 9.89. The zero-order chi connectivity index (χ0) is 4.69. The van der Waals surface area contributed by atoms with E-state index in [1.807, 2.05) is 0 Å². The zero-order valence-corrected chi connectivity index (χ0v) is 4.56. The van der Waals surface area contributed by atoms with Gasteiger partial charge in [0.2, 0.25) is 0 Å².